The molecule has 0 unspecified atom stereocenters. The van der Waals surface area contributed by atoms with Crippen LogP contribution in [0.4, 0.5) is 0 Å². The zero-order chi connectivity index (χ0) is 10.7. The Morgan fingerprint density at radius 3 is 2.20 bits per heavy atom. The van der Waals surface area contributed by atoms with Gasteiger partial charge in [0.1, 0.15) is 0 Å². The van der Waals surface area contributed by atoms with Gasteiger partial charge in [0.05, 0.1) is 6.10 Å². The molecular formula is C13H19NO. The van der Waals surface area contributed by atoms with Crippen LogP contribution in [-0.2, 0) is 6.54 Å². The van der Waals surface area contributed by atoms with Gasteiger partial charge in [0, 0.05) is 6.54 Å². The number of benzene rings is 1. The Kier molecular flexibility index (Phi) is 3.39. The van der Waals surface area contributed by atoms with Crippen molar-refractivity contribution in [2.45, 2.75) is 44.2 Å². The van der Waals surface area contributed by atoms with E-state index in [4.69, 9.17) is 5.73 Å². The van der Waals surface area contributed by atoms with E-state index in [1.165, 1.54) is 11.1 Å². The first kappa shape index (κ1) is 10.7. The molecule has 1 aliphatic rings. The van der Waals surface area contributed by atoms with E-state index in [2.05, 4.69) is 24.3 Å². The largest absolute Gasteiger partial charge is 0.393 e. The fourth-order valence-corrected chi connectivity index (χ4v) is 2.34. The van der Waals surface area contributed by atoms with Gasteiger partial charge in [-0.1, -0.05) is 24.3 Å². The molecule has 2 nitrogen and oxygen atoms in total. The summed E-state index contributed by atoms with van der Waals surface area (Å²) in [6.45, 7) is 0.615. The van der Waals surface area contributed by atoms with Gasteiger partial charge in [-0.05, 0) is 42.7 Å². The van der Waals surface area contributed by atoms with E-state index in [0.717, 1.165) is 25.7 Å². The van der Waals surface area contributed by atoms with Gasteiger partial charge in [0.25, 0.3) is 0 Å². The van der Waals surface area contributed by atoms with Crippen molar-refractivity contribution in [1.29, 1.82) is 0 Å². The van der Waals surface area contributed by atoms with Crippen LogP contribution in [0.5, 0.6) is 0 Å². The lowest BCUT2D eigenvalue weighted by atomic mass is 9.82. The van der Waals surface area contributed by atoms with Crippen molar-refractivity contribution >= 4 is 0 Å². The molecule has 82 valence electrons. The minimum Gasteiger partial charge on any atom is -0.393 e. The normalized spacial score (nSPS) is 26.5. The van der Waals surface area contributed by atoms with E-state index in [1.807, 2.05) is 0 Å². The number of hydrogen-bond donors (Lipinski definition) is 2. The van der Waals surface area contributed by atoms with E-state index in [9.17, 15) is 5.11 Å². The standard InChI is InChI=1S/C13H19NO/c14-9-10-1-3-11(4-2-10)12-5-7-13(15)8-6-12/h1-4,12-13,15H,5-9,14H2. The summed E-state index contributed by atoms with van der Waals surface area (Å²) in [4.78, 5) is 0. The van der Waals surface area contributed by atoms with Crippen LogP contribution in [0, 0.1) is 0 Å². The molecule has 1 aromatic carbocycles. The molecule has 2 heteroatoms. The number of aliphatic hydroxyl groups is 1. The summed E-state index contributed by atoms with van der Waals surface area (Å²) in [5.74, 6) is 0.639. The van der Waals surface area contributed by atoms with Gasteiger partial charge in [-0.2, -0.15) is 0 Å². The summed E-state index contributed by atoms with van der Waals surface area (Å²) < 4.78 is 0. The predicted octanol–water partition coefficient (Wildman–Crippen LogP) is 2.16. The highest BCUT2D eigenvalue weighted by Gasteiger charge is 2.20. The summed E-state index contributed by atoms with van der Waals surface area (Å²) in [6.07, 6.45) is 4.06. The highest BCUT2D eigenvalue weighted by molar-refractivity contribution is 5.25. The first-order chi connectivity index (χ1) is 7.29. The minimum atomic E-state index is -0.0652. The molecule has 3 N–H and O–H groups in total. The predicted molar refractivity (Wildman–Crippen MR) is 61.5 cm³/mol. The number of nitrogens with two attached hydrogens (primary N) is 1. The van der Waals surface area contributed by atoms with Crippen LogP contribution in [0.2, 0.25) is 0 Å². The fourth-order valence-electron chi connectivity index (χ4n) is 2.34. The van der Waals surface area contributed by atoms with Crippen molar-refractivity contribution in [3.05, 3.63) is 35.4 Å². The van der Waals surface area contributed by atoms with Crippen LogP contribution in [0.1, 0.15) is 42.7 Å². The fraction of sp³-hybridized carbons (Fsp3) is 0.538. The second-order valence-corrected chi connectivity index (χ2v) is 4.45. The minimum absolute atomic E-state index is 0.0652. The molecule has 0 amide bonds. The molecule has 0 atom stereocenters. The maximum Gasteiger partial charge on any atom is 0.0540 e. The molecular weight excluding hydrogens is 186 g/mol. The van der Waals surface area contributed by atoms with Crippen molar-refractivity contribution in [2.75, 3.05) is 0 Å². The molecule has 1 saturated carbocycles. The second kappa shape index (κ2) is 4.77. The summed E-state index contributed by atoms with van der Waals surface area (Å²) in [6, 6.07) is 8.59. The Balaban J connectivity index is 2.03. The van der Waals surface area contributed by atoms with Crippen molar-refractivity contribution in [2.24, 2.45) is 5.73 Å². The highest BCUT2D eigenvalue weighted by atomic mass is 16.3. The van der Waals surface area contributed by atoms with Gasteiger partial charge in [-0.25, -0.2) is 0 Å². The van der Waals surface area contributed by atoms with E-state index in [-0.39, 0.29) is 6.10 Å². The molecule has 1 fully saturated rings. The third-order valence-electron chi connectivity index (χ3n) is 3.38. The molecule has 2 rings (SSSR count). The maximum atomic E-state index is 9.44. The molecule has 0 aliphatic heterocycles. The van der Waals surface area contributed by atoms with Gasteiger partial charge in [0.15, 0.2) is 0 Å². The average molecular weight is 205 g/mol. The van der Waals surface area contributed by atoms with Gasteiger partial charge in [0.2, 0.25) is 0 Å². The topological polar surface area (TPSA) is 46.2 Å². The zero-order valence-corrected chi connectivity index (χ0v) is 9.02. The second-order valence-electron chi connectivity index (χ2n) is 4.45. The van der Waals surface area contributed by atoms with Gasteiger partial charge < -0.3 is 10.8 Å². The maximum absolute atomic E-state index is 9.44. The molecule has 1 aromatic rings. The first-order valence-corrected chi connectivity index (χ1v) is 5.76. The van der Waals surface area contributed by atoms with Crippen LogP contribution < -0.4 is 5.73 Å². The Labute approximate surface area is 91.1 Å². The van der Waals surface area contributed by atoms with Crippen LogP contribution in [0.3, 0.4) is 0 Å². The summed E-state index contributed by atoms with van der Waals surface area (Å²) in [5.41, 5.74) is 8.15. The number of aliphatic hydroxyl groups excluding tert-OH is 1. The molecule has 1 aliphatic carbocycles. The Bertz CT molecular complexity index is 299. The lowest BCUT2D eigenvalue weighted by Gasteiger charge is -2.25. The Hall–Kier alpha value is -0.860. The molecule has 0 bridgehead atoms. The van der Waals surface area contributed by atoms with Crippen molar-refractivity contribution in [1.82, 2.24) is 0 Å². The molecule has 0 saturated heterocycles. The Morgan fingerprint density at radius 1 is 1.07 bits per heavy atom. The summed E-state index contributed by atoms with van der Waals surface area (Å²) in [5, 5.41) is 9.44. The third-order valence-corrected chi connectivity index (χ3v) is 3.38. The summed E-state index contributed by atoms with van der Waals surface area (Å²) >= 11 is 0. The van der Waals surface area contributed by atoms with E-state index >= 15 is 0 Å². The van der Waals surface area contributed by atoms with Gasteiger partial charge >= 0.3 is 0 Å². The molecule has 0 aromatic heterocycles. The lowest BCUT2D eigenvalue weighted by molar-refractivity contribution is 0.122. The van der Waals surface area contributed by atoms with Crippen LogP contribution >= 0.6 is 0 Å². The quantitative estimate of drug-likeness (QED) is 0.777. The Morgan fingerprint density at radius 2 is 1.67 bits per heavy atom. The summed E-state index contributed by atoms with van der Waals surface area (Å²) in [7, 11) is 0. The van der Waals surface area contributed by atoms with E-state index < -0.39 is 0 Å². The zero-order valence-electron chi connectivity index (χ0n) is 9.02. The van der Waals surface area contributed by atoms with E-state index in [1.54, 1.807) is 0 Å². The van der Waals surface area contributed by atoms with Crippen molar-refractivity contribution in [3.8, 4) is 0 Å². The molecule has 0 radical (unpaired) electrons. The lowest BCUT2D eigenvalue weighted by Crippen LogP contribution is -2.16. The van der Waals surface area contributed by atoms with Crippen LogP contribution in [-0.4, -0.2) is 11.2 Å². The smallest absolute Gasteiger partial charge is 0.0540 e. The van der Waals surface area contributed by atoms with Gasteiger partial charge in [-0.15, -0.1) is 0 Å². The van der Waals surface area contributed by atoms with Crippen LogP contribution in [0.15, 0.2) is 24.3 Å². The highest BCUT2D eigenvalue weighted by Crippen LogP contribution is 2.32. The third kappa shape index (κ3) is 2.58. The van der Waals surface area contributed by atoms with Crippen molar-refractivity contribution < 1.29 is 5.11 Å². The molecule has 0 spiro atoms. The first-order valence-electron chi connectivity index (χ1n) is 5.76. The van der Waals surface area contributed by atoms with E-state index in [0.29, 0.717) is 12.5 Å². The van der Waals surface area contributed by atoms with Crippen LogP contribution in [0.25, 0.3) is 0 Å². The van der Waals surface area contributed by atoms with Gasteiger partial charge in [-0.3, -0.25) is 0 Å². The monoisotopic (exact) mass is 205 g/mol. The van der Waals surface area contributed by atoms with Crippen molar-refractivity contribution in [3.63, 3.8) is 0 Å². The number of hydrogen-bond acceptors (Lipinski definition) is 2. The number of rotatable bonds is 2. The molecule has 15 heavy (non-hydrogen) atoms. The molecule has 0 heterocycles. The SMILES string of the molecule is NCc1ccc(C2CCC(O)CC2)cc1. The average Bonchev–Trinajstić information content (AvgIpc) is 2.30.